The largest absolute Gasteiger partial charge is 0.493 e. The third-order valence-corrected chi connectivity index (χ3v) is 4.17. The summed E-state index contributed by atoms with van der Waals surface area (Å²) in [6.45, 7) is 1.83. The number of rotatable bonds is 6. The summed E-state index contributed by atoms with van der Waals surface area (Å²) in [6.07, 6.45) is 1.65. The first-order valence-electron chi connectivity index (χ1n) is 6.94. The molecule has 0 spiro atoms. The molecule has 0 saturated carbocycles. The second-order valence-corrected chi connectivity index (χ2v) is 6.15. The first-order chi connectivity index (χ1) is 11.0. The van der Waals surface area contributed by atoms with E-state index in [0.717, 1.165) is 4.90 Å². The minimum absolute atomic E-state index is 0.112. The van der Waals surface area contributed by atoms with Crippen LogP contribution in [0.3, 0.4) is 0 Å². The monoisotopic (exact) mass is 333 g/mol. The zero-order valence-corrected chi connectivity index (χ0v) is 14.0. The highest BCUT2D eigenvalue weighted by atomic mass is 32.2. The molecular formula is C16H19N3O3S. The Balaban J connectivity index is 2.01. The van der Waals surface area contributed by atoms with Gasteiger partial charge in [0.1, 0.15) is 5.82 Å². The number of benzene rings is 1. The molecule has 0 aliphatic heterocycles. The Morgan fingerprint density at radius 2 is 1.96 bits per heavy atom. The van der Waals surface area contributed by atoms with E-state index < -0.39 is 0 Å². The summed E-state index contributed by atoms with van der Waals surface area (Å²) in [5, 5.41) is 2.58. The van der Waals surface area contributed by atoms with E-state index in [1.807, 2.05) is 13.0 Å². The number of hydrogen-bond donors (Lipinski definition) is 2. The van der Waals surface area contributed by atoms with Crippen LogP contribution in [0.25, 0.3) is 0 Å². The number of thioether (sulfide) groups is 1. The standard InChI is InChI=1S/C16H19N3O3S/c1-10(23-12-5-7-15(17)18-9-12)16(20)19-11-4-6-13(21-2)14(8-11)22-3/h4-10H,1-3H3,(H2,17,18)(H,19,20). The fourth-order valence-electron chi connectivity index (χ4n) is 1.88. The van der Waals surface area contributed by atoms with Gasteiger partial charge in [-0.15, -0.1) is 11.8 Å². The van der Waals surface area contributed by atoms with Crippen molar-refractivity contribution >= 4 is 29.2 Å². The molecule has 122 valence electrons. The van der Waals surface area contributed by atoms with Crippen molar-refractivity contribution in [2.45, 2.75) is 17.1 Å². The Hall–Kier alpha value is -2.41. The number of hydrogen-bond acceptors (Lipinski definition) is 6. The highest BCUT2D eigenvalue weighted by molar-refractivity contribution is 8.00. The van der Waals surface area contributed by atoms with Crippen LogP contribution in [0.4, 0.5) is 11.5 Å². The minimum Gasteiger partial charge on any atom is -0.493 e. The van der Waals surface area contributed by atoms with Gasteiger partial charge in [0, 0.05) is 22.8 Å². The molecule has 1 aromatic heterocycles. The number of nitrogens with two attached hydrogens (primary N) is 1. The molecule has 0 fully saturated rings. The van der Waals surface area contributed by atoms with Gasteiger partial charge in [-0.1, -0.05) is 0 Å². The summed E-state index contributed by atoms with van der Waals surface area (Å²) in [6, 6.07) is 8.78. The van der Waals surface area contributed by atoms with E-state index in [4.69, 9.17) is 15.2 Å². The summed E-state index contributed by atoms with van der Waals surface area (Å²) in [4.78, 5) is 17.2. The van der Waals surface area contributed by atoms with Gasteiger partial charge in [-0.2, -0.15) is 0 Å². The Bertz CT molecular complexity index is 677. The Kier molecular flexibility index (Phi) is 5.70. The van der Waals surface area contributed by atoms with Gasteiger partial charge >= 0.3 is 0 Å². The van der Waals surface area contributed by atoms with Gasteiger partial charge in [-0.3, -0.25) is 4.79 Å². The molecule has 23 heavy (non-hydrogen) atoms. The van der Waals surface area contributed by atoms with E-state index in [0.29, 0.717) is 23.0 Å². The average Bonchev–Trinajstić information content (AvgIpc) is 2.56. The third-order valence-electron chi connectivity index (χ3n) is 3.09. The van der Waals surface area contributed by atoms with Crippen LogP contribution < -0.4 is 20.5 Å². The number of pyridine rings is 1. The number of nitrogens with one attached hydrogen (secondary N) is 1. The van der Waals surface area contributed by atoms with Crippen LogP contribution in [-0.2, 0) is 4.79 Å². The van der Waals surface area contributed by atoms with Crippen molar-refractivity contribution in [2.75, 3.05) is 25.3 Å². The molecular weight excluding hydrogens is 314 g/mol. The van der Waals surface area contributed by atoms with Crippen molar-refractivity contribution in [1.29, 1.82) is 0 Å². The fraction of sp³-hybridized carbons (Fsp3) is 0.250. The Morgan fingerprint density at radius 3 is 2.57 bits per heavy atom. The van der Waals surface area contributed by atoms with Crippen molar-refractivity contribution < 1.29 is 14.3 Å². The van der Waals surface area contributed by atoms with Gasteiger partial charge < -0.3 is 20.5 Å². The van der Waals surface area contributed by atoms with Gasteiger partial charge in [-0.25, -0.2) is 4.98 Å². The lowest BCUT2D eigenvalue weighted by Gasteiger charge is -2.14. The van der Waals surface area contributed by atoms with Gasteiger partial charge in [0.2, 0.25) is 5.91 Å². The molecule has 0 saturated heterocycles. The molecule has 2 rings (SSSR count). The van der Waals surface area contributed by atoms with Crippen molar-refractivity contribution in [3.05, 3.63) is 36.5 Å². The predicted octanol–water partition coefficient (Wildman–Crippen LogP) is 2.80. The molecule has 1 aromatic carbocycles. The molecule has 0 bridgehead atoms. The Labute approximate surface area is 139 Å². The van der Waals surface area contributed by atoms with Gasteiger partial charge in [0.05, 0.1) is 19.5 Å². The molecule has 1 amide bonds. The van der Waals surface area contributed by atoms with Crippen LogP contribution in [0, 0.1) is 0 Å². The fourth-order valence-corrected chi connectivity index (χ4v) is 2.71. The maximum Gasteiger partial charge on any atom is 0.237 e. The van der Waals surface area contributed by atoms with E-state index >= 15 is 0 Å². The van der Waals surface area contributed by atoms with E-state index in [1.54, 1.807) is 44.7 Å². The molecule has 0 radical (unpaired) electrons. The zero-order chi connectivity index (χ0) is 16.8. The number of ether oxygens (including phenoxy) is 2. The summed E-state index contributed by atoms with van der Waals surface area (Å²) in [7, 11) is 3.12. The number of carbonyl (C=O) groups is 1. The maximum atomic E-state index is 12.3. The number of methoxy groups -OCH3 is 2. The third kappa shape index (κ3) is 4.53. The highest BCUT2D eigenvalue weighted by Gasteiger charge is 2.15. The second kappa shape index (κ2) is 7.73. The average molecular weight is 333 g/mol. The smallest absolute Gasteiger partial charge is 0.237 e. The van der Waals surface area contributed by atoms with Crippen LogP contribution in [0.5, 0.6) is 11.5 Å². The van der Waals surface area contributed by atoms with Crippen LogP contribution >= 0.6 is 11.8 Å². The van der Waals surface area contributed by atoms with E-state index in [-0.39, 0.29) is 11.2 Å². The normalized spacial score (nSPS) is 11.6. The van der Waals surface area contributed by atoms with Gasteiger partial charge in [-0.05, 0) is 31.2 Å². The lowest BCUT2D eigenvalue weighted by Crippen LogP contribution is -2.22. The molecule has 6 nitrogen and oxygen atoms in total. The topological polar surface area (TPSA) is 86.5 Å². The van der Waals surface area contributed by atoms with Crippen LogP contribution in [0.15, 0.2) is 41.4 Å². The number of amides is 1. The minimum atomic E-state index is -0.284. The highest BCUT2D eigenvalue weighted by Crippen LogP contribution is 2.30. The predicted molar refractivity (Wildman–Crippen MR) is 92.1 cm³/mol. The summed E-state index contributed by atoms with van der Waals surface area (Å²) < 4.78 is 10.4. The molecule has 1 atom stereocenters. The number of carbonyl (C=O) groups excluding carboxylic acids is 1. The molecule has 7 heteroatoms. The maximum absolute atomic E-state index is 12.3. The number of nitrogen functional groups attached to an aromatic ring is 1. The van der Waals surface area contributed by atoms with Crippen molar-refractivity contribution in [1.82, 2.24) is 4.98 Å². The van der Waals surface area contributed by atoms with Crippen LogP contribution in [0.1, 0.15) is 6.92 Å². The van der Waals surface area contributed by atoms with Crippen molar-refractivity contribution in [3.8, 4) is 11.5 Å². The quantitative estimate of drug-likeness (QED) is 0.791. The van der Waals surface area contributed by atoms with E-state index in [2.05, 4.69) is 10.3 Å². The van der Waals surface area contributed by atoms with E-state index in [9.17, 15) is 4.79 Å². The van der Waals surface area contributed by atoms with Crippen molar-refractivity contribution in [3.63, 3.8) is 0 Å². The Morgan fingerprint density at radius 1 is 1.22 bits per heavy atom. The summed E-state index contributed by atoms with van der Waals surface area (Å²) in [5.41, 5.74) is 6.20. The molecule has 1 heterocycles. The van der Waals surface area contributed by atoms with Crippen LogP contribution in [-0.4, -0.2) is 30.4 Å². The molecule has 1 unspecified atom stereocenters. The van der Waals surface area contributed by atoms with Gasteiger partial charge in [0.15, 0.2) is 11.5 Å². The van der Waals surface area contributed by atoms with E-state index in [1.165, 1.54) is 11.8 Å². The number of anilines is 2. The number of aromatic nitrogens is 1. The zero-order valence-electron chi connectivity index (χ0n) is 13.2. The first-order valence-corrected chi connectivity index (χ1v) is 7.82. The lowest BCUT2D eigenvalue weighted by atomic mass is 10.2. The summed E-state index contributed by atoms with van der Waals surface area (Å²) >= 11 is 1.41. The second-order valence-electron chi connectivity index (χ2n) is 4.74. The SMILES string of the molecule is COc1ccc(NC(=O)C(C)Sc2ccc(N)nc2)cc1OC. The molecule has 0 aliphatic carbocycles. The molecule has 3 N–H and O–H groups in total. The van der Waals surface area contributed by atoms with Crippen LogP contribution in [0.2, 0.25) is 0 Å². The van der Waals surface area contributed by atoms with Gasteiger partial charge in [0.25, 0.3) is 0 Å². The lowest BCUT2D eigenvalue weighted by molar-refractivity contribution is -0.115. The molecule has 2 aromatic rings. The summed E-state index contributed by atoms with van der Waals surface area (Å²) in [5.74, 6) is 1.52. The number of nitrogens with zero attached hydrogens (tertiary/aromatic N) is 1. The molecule has 0 aliphatic rings. The first kappa shape index (κ1) is 17.0. The van der Waals surface area contributed by atoms with Crippen molar-refractivity contribution in [2.24, 2.45) is 0 Å².